The zero-order valence-corrected chi connectivity index (χ0v) is 9.78. The van der Waals surface area contributed by atoms with Gasteiger partial charge in [-0.15, -0.1) is 0 Å². The van der Waals surface area contributed by atoms with E-state index in [-0.39, 0.29) is 11.8 Å². The van der Waals surface area contributed by atoms with E-state index in [2.05, 4.69) is 6.07 Å². The number of aliphatic carboxylic acids is 1. The lowest BCUT2D eigenvalue weighted by Crippen LogP contribution is -2.01. The van der Waals surface area contributed by atoms with Gasteiger partial charge in [-0.25, -0.2) is 0 Å². The number of rotatable bonds is 3. The molecule has 3 heteroatoms. The average molecular weight is 220 g/mol. The van der Waals surface area contributed by atoms with Crippen LogP contribution in [0.5, 0.6) is 5.75 Å². The third-order valence-corrected chi connectivity index (χ3v) is 3.19. The first-order valence-corrected chi connectivity index (χ1v) is 5.42. The molecule has 16 heavy (non-hydrogen) atoms. The highest BCUT2D eigenvalue weighted by Gasteiger charge is 2.46. The van der Waals surface area contributed by atoms with Crippen LogP contribution in [0.3, 0.4) is 0 Å². The summed E-state index contributed by atoms with van der Waals surface area (Å²) in [6, 6.07) is 4.05. The van der Waals surface area contributed by atoms with E-state index in [0.29, 0.717) is 0 Å². The average Bonchev–Trinajstić information content (AvgIpc) is 2.96. The number of hydrogen-bond acceptors (Lipinski definition) is 2. The van der Waals surface area contributed by atoms with Gasteiger partial charge < -0.3 is 9.84 Å². The van der Waals surface area contributed by atoms with Gasteiger partial charge in [-0.1, -0.05) is 6.07 Å². The molecule has 0 radical (unpaired) electrons. The third-order valence-electron chi connectivity index (χ3n) is 3.19. The van der Waals surface area contributed by atoms with E-state index < -0.39 is 5.97 Å². The van der Waals surface area contributed by atoms with Crippen molar-refractivity contribution in [3.8, 4) is 5.75 Å². The summed E-state index contributed by atoms with van der Waals surface area (Å²) in [7, 11) is 1.63. The Morgan fingerprint density at radius 3 is 2.62 bits per heavy atom. The fourth-order valence-corrected chi connectivity index (χ4v) is 2.37. The maximum Gasteiger partial charge on any atom is 0.307 e. The molecule has 1 aromatic carbocycles. The van der Waals surface area contributed by atoms with Gasteiger partial charge >= 0.3 is 5.97 Å². The SMILES string of the molecule is COc1cc(C)cc(C)c1C1CC1C(=O)O. The fraction of sp³-hybridized carbons (Fsp3) is 0.462. The lowest BCUT2D eigenvalue weighted by atomic mass is 9.99. The van der Waals surface area contributed by atoms with Crippen LogP contribution in [-0.4, -0.2) is 18.2 Å². The number of methoxy groups -OCH3 is 1. The van der Waals surface area contributed by atoms with Gasteiger partial charge in [0.25, 0.3) is 0 Å². The van der Waals surface area contributed by atoms with E-state index in [1.54, 1.807) is 7.11 Å². The van der Waals surface area contributed by atoms with Gasteiger partial charge in [0.2, 0.25) is 0 Å². The van der Waals surface area contributed by atoms with E-state index in [1.807, 2.05) is 19.9 Å². The number of carboxylic acid groups (broad SMARTS) is 1. The van der Waals surface area contributed by atoms with Crippen molar-refractivity contribution in [2.24, 2.45) is 5.92 Å². The van der Waals surface area contributed by atoms with Gasteiger partial charge in [0.1, 0.15) is 5.75 Å². The number of hydrogen-bond donors (Lipinski definition) is 1. The quantitative estimate of drug-likeness (QED) is 0.851. The molecule has 0 saturated heterocycles. The van der Waals surface area contributed by atoms with Crippen molar-refractivity contribution >= 4 is 5.97 Å². The Morgan fingerprint density at radius 1 is 1.44 bits per heavy atom. The van der Waals surface area contributed by atoms with Crippen molar-refractivity contribution in [1.29, 1.82) is 0 Å². The Morgan fingerprint density at radius 2 is 2.12 bits per heavy atom. The van der Waals surface area contributed by atoms with E-state index >= 15 is 0 Å². The van der Waals surface area contributed by atoms with Crippen LogP contribution in [-0.2, 0) is 4.79 Å². The van der Waals surface area contributed by atoms with Gasteiger partial charge in [0.15, 0.2) is 0 Å². The molecule has 86 valence electrons. The summed E-state index contributed by atoms with van der Waals surface area (Å²) in [4.78, 5) is 10.9. The minimum atomic E-state index is -0.702. The van der Waals surface area contributed by atoms with E-state index in [9.17, 15) is 4.79 Å². The van der Waals surface area contributed by atoms with Gasteiger partial charge in [-0.05, 0) is 37.5 Å². The third kappa shape index (κ3) is 1.77. The number of aryl methyl sites for hydroxylation is 2. The second-order valence-electron chi connectivity index (χ2n) is 4.48. The number of carbonyl (C=O) groups is 1. The molecule has 1 aliphatic rings. The molecule has 3 nitrogen and oxygen atoms in total. The number of ether oxygens (including phenoxy) is 1. The molecule has 2 atom stereocenters. The molecule has 2 rings (SSSR count). The first-order chi connectivity index (χ1) is 7.54. The molecule has 1 fully saturated rings. The van der Waals surface area contributed by atoms with Crippen LogP contribution in [0.15, 0.2) is 12.1 Å². The van der Waals surface area contributed by atoms with Crippen LogP contribution in [0.2, 0.25) is 0 Å². The maximum atomic E-state index is 10.9. The van der Waals surface area contributed by atoms with Crippen LogP contribution in [0.1, 0.15) is 29.0 Å². The lowest BCUT2D eigenvalue weighted by molar-refractivity contribution is -0.138. The van der Waals surface area contributed by atoms with Crippen molar-refractivity contribution < 1.29 is 14.6 Å². The smallest absolute Gasteiger partial charge is 0.307 e. The first-order valence-electron chi connectivity index (χ1n) is 5.42. The van der Waals surface area contributed by atoms with Gasteiger partial charge in [0, 0.05) is 11.5 Å². The molecule has 1 aromatic rings. The Labute approximate surface area is 95.0 Å². The molecule has 2 unspecified atom stereocenters. The second kappa shape index (κ2) is 3.81. The molecular weight excluding hydrogens is 204 g/mol. The molecule has 0 amide bonds. The van der Waals surface area contributed by atoms with E-state index in [1.165, 1.54) is 0 Å². The molecule has 1 saturated carbocycles. The molecule has 1 aliphatic carbocycles. The second-order valence-corrected chi connectivity index (χ2v) is 4.48. The zero-order chi connectivity index (χ0) is 11.9. The Balaban J connectivity index is 2.38. The van der Waals surface area contributed by atoms with Crippen LogP contribution in [0.25, 0.3) is 0 Å². The number of benzene rings is 1. The van der Waals surface area contributed by atoms with Crippen molar-refractivity contribution in [1.82, 2.24) is 0 Å². The topological polar surface area (TPSA) is 46.5 Å². The Kier molecular flexibility index (Phi) is 2.62. The molecule has 0 bridgehead atoms. The van der Waals surface area contributed by atoms with Gasteiger partial charge in [0.05, 0.1) is 13.0 Å². The molecule has 0 aliphatic heterocycles. The minimum absolute atomic E-state index is 0.132. The van der Waals surface area contributed by atoms with Crippen LogP contribution in [0.4, 0.5) is 0 Å². The molecular formula is C13H16O3. The van der Waals surface area contributed by atoms with Crippen molar-refractivity contribution in [3.05, 3.63) is 28.8 Å². The molecule has 0 heterocycles. The summed E-state index contributed by atoms with van der Waals surface area (Å²) < 4.78 is 5.34. The van der Waals surface area contributed by atoms with Gasteiger partial charge in [-0.3, -0.25) is 4.79 Å². The normalized spacial score (nSPS) is 22.9. The van der Waals surface area contributed by atoms with Crippen LogP contribution < -0.4 is 4.74 Å². The first kappa shape index (κ1) is 11.0. The minimum Gasteiger partial charge on any atom is -0.496 e. The lowest BCUT2D eigenvalue weighted by Gasteiger charge is -2.12. The molecule has 1 N–H and O–H groups in total. The zero-order valence-electron chi connectivity index (χ0n) is 9.78. The highest BCUT2D eigenvalue weighted by molar-refractivity contribution is 5.76. The maximum absolute atomic E-state index is 10.9. The molecule has 0 spiro atoms. The summed E-state index contributed by atoms with van der Waals surface area (Å²) in [5.74, 6) is 0.0293. The van der Waals surface area contributed by atoms with Crippen molar-refractivity contribution in [3.63, 3.8) is 0 Å². The fourth-order valence-electron chi connectivity index (χ4n) is 2.37. The van der Waals surface area contributed by atoms with Crippen LogP contribution in [0, 0.1) is 19.8 Å². The summed E-state index contributed by atoms with van der Waals surface area (Å²) >= 11 is 0. The monoisotopic (exact) mass is 220 g/mol. The summed E-state index contributed by atoms with van der Waals surface area (Å²) in [6.45, 7) is 4.03. The predicted molar refractivity (Wildman–Crippen MR) is 61.0 cm³/mol. The summed E-state index contributed by atoms with van der Waals surface area (Å²) in [6.07, 6.45) is 0.732. The van der Waals surface area contributed by atoms with Crippen molar-refractivity contribution in [2.75, 3.05) is 7.11 Å². The highest BCUT2D eigenvalue weighted by atomic mass is 16.5. The standard InChI is InChI=1S/C13H16O3/c1-7-4-8(2)12(11(5-7)16-3)9-6-10(9)13(14)15/h4-5,9-10H,6H2,1-3H3,(H,14,15). The summed E-state index contributed by atoms with van der Waals surface area (Å²) in [5, 5.41) is 8.95. The van der Waals surface area contributed by atoms with Crippen molar-refractivity contribution in [2.45, 2.75) is 26.2 Å². The van der Waals surface area contributed by atoms with E-state index in [4.69, 9.17) is 9.84 Å². The number of carboxylic acids is 1. The van der Waals surface area contributed by atoms with Crippen LogP contribution >= 0.6 is 0 Å². The molecule has 0 aromatic heterocycles. The van der Waals surface area contributed by atoms with Gasteiger partial charge in [-0.2, -0.15) is 0 Å². The highest BCUT2D eigenvalue weighted by Crippen LogP contribution is 2.51. The summed E-state index contributed by atoms with van der Waals surface area (Å²) in [5.41, 5.74) is 3.34. The Hall–Kier alpha value is -1.51. The largest absolute Gasteiger partial charge is 0.496 e. The van der Waals surface area contributed by atoms with E-state index in [0.717, 1.165) is 28.9 Å². The Bertz CT molecular complexity index is 437. The predicted octanol–water partition coefficient (Wildman–Crippen LogP) is 2.50.